The van der Waals surface area contributed by atoms with Gasteiger partial charge in [0.2, 0.25) is 5.91 Å². The highest BCUT2D eigenvalue weighted by atomic mass is 16.3. The maximum Gasteiger partial charge on any atom is 0.237 e. The van der Waals surface area contributed by atoms with Crippen LogP contribution in [-0.2, 0) is 4.79 Å². The second-order valence-electron chi connectivity index (χ2n) is 5.23. The lowest BCUT2D eigenvalue weighted by Crippen LogP contribution is -2.48. The van der Waals surface area contributed by atoms with E-state index in [1.54, 1.807) is 19.9 Å². The minimum atomic E-state index is -0.777. The van der Waals surface area contributed by atoms with Crippen LogP contribution in [0.4, 0.5) is 0 Å². The highest BCUT2D eigenvalue weighted by Crippen LogP contribution is 2.15. The Morgan fingerprint density at radius 3 is 2.53 bits per heavy atom. The molecule has 0 aromatic carbocycles. The van der Waals surface area contributed by atoms with Gasteiger partial charge in [0, 0.05) is 13.1 Å². The molecule has 0 rings (SSSR count). The molecule has 0 fully saturated rings. The topological polar surface area (TPSA) is 61.4 Å². The molecule has 0 heterocycles. The summed E-state index contributed by atoms with van der Waals surface area (Å²) < 4.78 is 0. The van der Waals surface area contributed by atoms with Gasteiger partial charge >= 0.3 is 0 Å². The first-order valence-corrected chi connectivity index (χ1v) is 6.13. The first-order chi connectivity index (χ1) is 7.78. The van der Waals surface area contributed by atoms with Gasteiger partial charge in [0.05, 0.1) is 11.6 Å². The molecule has 0 saturated heterocycles. The Labute approximate surface area is 104 Å². The minimum Gasteiger partial charge on any atom is -0.389 e. The van der Waals surface area contributed by atoms with Gasteiger partial charge in [0.1, 0.15) is 0 Å². The fraction of sp³-hybridized carbons (Fsp3) is 0.769. The Bertz CT molecular complexity index is 250. The second-order valence-corrected chi connectivity index (χ2v) is 5.23. The number of carbonyl (C=O) groups excluding carboxylic acids is 1. The number of hydrogen-bond acceptors (Lipinski definition) is 3. The zero-order valence-corrected chi connectivity index (χ0v) is 11.4. The Kier molecular flexibility index (Phi) is 7.07. The number of rotatable bonds is 8. The van der Waals surface area contributed by atoms with Crippen molar-refractivity contribution >= 4 is 5.91 Å². The van der Waals surface area contributed by atoms with E-state index < -0.39 is 5.60 Å². The van der Waals surface area contributed by atoms with Gasteiger partial charge in [-0.05, 0) is 26.2 Å². The lowest BCUT2D eigenvalue weighted by molar-refractivity contribution is -0.122. The first-order valence-electron chi connectivity index (χ1n) is 6.13. The predicted molar refractivity (Wildman–Crippen MR) is 70.8 cm³/mol. The maximum absolute atomic E-state index is 11.5. The molecule has 2 unspecified atom stereocenters. The molecule has 0 radical (unpaired) electrons. The van der Waals surface area contributed by atoms with Gasteiger partial charge in [-0.15, -0.1) is 6.58 Å². The summed E-state index contributed by atoms with van der Waals surface area (Å²) in [4.78, 5) is 11.5. The molecule has 0 aromatic rings. The summed E-state index contributed by atoms with van der Waals surface area (Å²) in [6.07, 6.45) is 2.35. The van der Waals surface area contributed by atoms with Crippen molar-refractivity contribution in [2.75, 3.05) is 13.1 Å². The quantitative estimate of drug-likeness (QED) is 0.558. The van der Waals surface area contributed by atoms with Crippen LogP contribution in [-0.4, -0.2) is 35.7 Å². The molecular weight excluding hydrogens is 216 g/mol. The molecule has 0 aliphatic rings. The molecule has 3 N–H and O–H groups in total. The van der Waals surface area contributed by atoms with Crippen molar-refractivity contribution in [2.24, 2.45) is 5.92 Å². The molecule has 0 spiro atoms. The van der Waals surface area contributed by atoms with Crippen molar-refractivity contribution in [1.29, 1.82) is 0 Å². The first kappa shape index (κ1) is 16.1. The number of carbonyl (C=O) groups is 1. The molecule has 0 aromatic heterocycles. The van der Waals surface area contributed by atoms with Crippen molar-refractivity contribution in [1.82, 2.24) is 10.6 Å². The highest BCUT2D eigenvalue weighted by molar-refractivity contribution is 5.81. The average molecular weight is 242 g/mol. The highest BCUT2D eigenvalue weighted by Gasteiger charge is 2.23. The van der Waals surface area contributed by atoms with Crippen molar-refractivity contribution < 1.29 is 9.90 Å². The molecule has 100 valence electrons. The summed E-state index contributed by atoms with van der Waals surface area (Å²) >= 11 is 0. The van der Waals surface area contributed by atoms with Gasteiger partial charge in [0.15, 0.2) is 0 Å². The minimum absolute atomic E-state index is 0.0785. The van der Waals surface area contributed by atoms with Crippen LogP contribution >= 0.6 is 0 Å². The monoisotopic (exact) mass is 242 g/mol. The van der Waals surface area contributed by atoms with E-state index in [1.807, 2.05) is 0 Å². The normalized spacial score (nSPS) is 16.4. The summed E-state index contributed by atoms with van der Waals surface area (Å²) in [5, 5.41) is 15.8. The fourth-order valence-corrected chi connectivity index (χ4v) is 1.74. The number of nitrogens with one attached hydrogen (secondary N) is 2. The van der Waals surface area contributed by atoms with Gasteiger partial charge in [-0.25, -0.2) is 0 Å². The van der Waals surface area contributed by atoms with Gasteiger partial charge < -0.3 is 15.7 Å². The summed E-state index contributed by atoms with van der Waals surface area (Å²) in [7, 11) is 0. The molecule has 4 nitrogen and oxygen atoms in total. The molecule has 0 aliphatic heterocycles. The van der Waals surface area contributed by atoms with Crippen LogP contribution in [0.2, 0.25) is 0 Å². The Hall–Kier alpha value is -0.870. The molecule has 0 bridgehead atoms. The van der Waals surface area contributed by atoms with Crippen LogP contribution in [0.3, 0.4) is 0 Å². The average Bonchev–Trinajstić information content (AvgIpc) is 2.20. The Morgan fingerprint density at radius 2 is 2.06 bits per heavy atom. The fourth-order valence-electron chi connectivity index (χ4n) is 1.74. The van der Waals surface area contributed by atoms with E-state index in [9.17, 15) is 9.90 Å². The van der Waals surface area contributed by atoms with E-state index in [0.29, 0.717) is 25.4 Å². The number of aliphatic hydroxyl groups is 1. The van der Waals surface area contributed by atoms with Crippen LogP contribution in [0.1, 0.15) is 34.1 Å². The molecule has 17 heavy (non-hydrogen) atoms. The smallest absolute Gasteiger partial charge is 0.237 e. The third-order valence-corrected chi connectivity index (χ3v) is 2.45. The maximum atomic E-state index is 11.5. The second kappa shape index (κ2) is 7.45. The number of amides is 1. The lowest BCUT2D eigenvalue weighted by atomic mass is 9.94. The third kappa shape index (κ3) is 7.94. The number of hydrogen-bond donors (Lipinski definition) is 3. The summed E-state index contributed by atoms with van der Waals surface area (Å²) in [6, 6.07) is -0.311. The van der Waals surface area contributed by atoms with E-state index in [-0.39, 0.29) is 11.9 Å². The standard InChI is InChI=1S/C13H26N2O2/c1-6-7-14-12(16)11(4)15-9-13(5,17)8-10(2)3/h6,10-11,15,17H,1,7-9H2,2-5H3,(H,14,16). The van der Waals surface area contributed by atoms with Crippen LogP contribution in [0, 0.1) is 5.92 Å². The largest absolute Gasteiger partial charge is 0.389 e. The Balaban J connectivity index is 4.00. The van der Waals surface area contributed by atoms with Crippen LogP contribution in [0.25, 0.3) is 0 Å². The molecule has 0 saturated carbocycles. The third-order valence-electron chi connectivity index (χ3n) is 2.45. The van der Waals surface area contributed by atoms with E-state index >= 15 is 0 Å². The van der Waals surface area contributed by atoms with E-state index in [4.69, 9.17) is 0 Å². The van der Waals surface area contributed by atoms with E-state index in [2.05, 4.69) is 31.1 Å². The van der Waals surface area contributed by atoms with Crippen LogP contribution in [0.15, 0.2) is 12.7 Å². The van der Waals surface area contributed by atoms with Crippen molar-refractivity contribution in [3.63, 3.8) is 0 Å². The van der Waals surface area contributed by atoms with Crippen molar-refractivity contribution in [3.8, 4) is 0 Å². The van der Waals surface area contributed by atoms with Crippen LogP contribution < -0.4 is 10.6 Å². The summed E-state index contributed by atoms with van der Waals surface area (Å²) in [5.74, 6) is 0.349. The molecular formula is C13H26N2O2. The van der Waals surface area contributed by atoms with Gasteiger partial charge in [-0.2, -0.15) is 0 Å². The predicted octanol–water partition coefficient (Wildman–Crippen LogP) is 1.06. The summed E-state index contributed by atoms with van der Waals surface area (Å²) in [5.41, 5.74) is -0.777. The lowest BCUT2D eigenvalue weighted by Gasteiger charge is -2.27. The van der Waals surface area contributed by atoms with Gasteiger partial charge in [0.25, 0.3) is 0 Å². The molecule has 0 aliphatic carbocycles. The van der Waals surface area contributed by atoms with Crippen molar-refractivity contribution in [3.05, 3.63) is 12.7 Å². The van der Waals surface area contributed by atoms with Crippen LogP contribution in [0.5, 0.6) is 0 Å². The van der Waals surface area contributed by atoms with Gasteiger partial charge in [-0.1, -0.05) is 19.9 Å². The zero-order chi connectivity index (χ0) is 13.5. The van der Waals surface area contributed by atoms with Crippen molar-refractivity contribution in [2.45, 2.75) is 45.8 Å². The Morgan fingerprint density at radius 1 is 1.47 bits per heavy atom. The zero-order valence-electron chi connectivity index (χ0n) is 11.4. The van der Waals surface area contributed by atoms with E-state index in [0.717, 1.165) is 0 Å². The van der Waals surface area contributed by atoms with Gasteiger partial charge in [-0.3, -0.25) is 4.79 Å². The molecule has 2 atom stereocenters. The van der Waals surface area contributed by atoms with E-state index in [1.165, 1.54) is 0 Å². The SMILES string of the molecule is C=CCNC(=O)C(C)NCC(C)(O)CC(C)C. The molecule has 4 heteroatoms. The molecule has 1 amide bonds. The summed E-state index contributed by atoms with van der Waals surface area (Å²) in [6.45, 7) is 12.1.